The molecular weight excluding hydrogens is 224 g/mol. The van der Waals surface area contributed by atoms with Gasteiger partial charge in [0, 0.05) is 24.7 Å². The van der Waals surface area contributed by atoms with Crippen LogP contribution in [0, 0.1) is 11.8 Å². The maximum absolute atomic E-state index is 11.9. The number of aromatic nitrogens is 1. The molecule has 0 radical (unpaired) electrons. The number of hydrogen-bond acceptors (Lipinski definition) is 3. The molecule has 1 aromatic rings. The Morgan fingerprint density at radius 3 is 2.67 bits per heavy atom. The molecule has 0 aliphatic carbocycles. The molecule has 0 aliphatic heterocycles. The van der Waals surface area contributed by atoms with Crippen molar-refractivity contribution in [2.75, 3.05) is 6.54 Å². The van der Waals surface area contributed by atoms with E-state index in [1.165, 1.54) is 0 Å². The third-order valence-corrected chi connectivity index (χ3v) is 3.38. The average molecular weight is 248 g/mol. The fourth-order valence-corrected chi connectivity index (χ4v) is 2.16. The Hall–Kier alpha value is -1.22. The van der Waals surface area contributed by atoms with E-state index in [9.17, 15) is 4.79 Å². The van der Waals surface area contributed by atoms with Gasteiger partial charge in [-0.2, -0.15) is 0 Å². The monoisotopic (exact) mass is 248 g/mol. The van der Waals surface area contributed by atoms with E-state index in [0.29, 0.717) is 31.2 Å². The summed E-state index contributed by atoms with van der Waals surface area (Å²) in [4.78, 5) is 16.0. The van der Waals surface area contributed by atoms with Crippen LogP contribution in [0.4, 0.5) is 0 Å². The van der Waals surface area contributed by atoms with Crippen LogP contribution in [0.15, 0.2) is 24.4 Å². The Bertz CT molecular complexity index is 349. The maximum atomic E-state index is 11.9. The van der Waals surface area contributed by atoms with Gasteiger partial charge < -0.3 is 5.73 Å². The number of hydrogen-bond donors (Lipinski definition) is 1. The lowest BCUT2D eigenvalue weighted by Crippen LogP contribution is -2.16. The van der Waals surface area contributed by atoms with Crippen molar-refractivity contribution in [1.29, 1.82) is 0 Å². The van der Waals surface area contributed by atoms with Gasteiger partial charge >= 0.3 is 0 Å². The first-order chi connectivity index (χ1) is 8.63. The lowest BCUT2D eigenvalue weighted by Gasteiger charge is -2.19. The highest BCUT2D eigenvalue weighted by Crippen LogP contribution is 2.20. The van der Waals surface area contributed by atoms with E-state index >= 15 is 0 Å². The first kappa shape index (κ1) is 14.8. The van der Waals surface area contributed by atoms with Crippen molar-refractivity contribution in [2.45, 2.75) is 39.5 Å². The van der Waals surface area contributed by atoms with Gasteiger partial charge in [-0.1, -0.05) is 19.9 Å². The second-order valence-corrected chi connectivity index (χ2v) is 5.16. The fraction of sp³-hybridized carbons (Fsp3) is 0.600. The van der Waals surface area contributed by atoms with Gasteiger partial charge in [-0.05, 0) is 43.4 Å². The molecule has 0 spiro atoms. The number of rotatable bonds is 8. The summed E-state index contributed by atoms with van der Waals surface area (Å²) in [5.74, 6) is 1.43. The van der Waals surface area contributed by atoms with Gasteiger partial charge in [0.1, 0.15) is 5.78 Å². The van der Waals surface area contributed by atoms with Crippen LogP contribution in [0.3, 0.4) is 0 Å². The van der Waals surface area contributed by atoms with E-state index in [4.69, 9.17) is 5.73 Å². The summed E-state index contributed by atoms with van der Waals surface area (Å²) in [5.41, 5.74) is 6.47. The lowest BCUT2D eigenvalue weighted by atomic mass is 9.87. The van der Waals surface area contributed by atoms with E-state index in [2.05, 4.69) is 18.8 Å². The van der Waals surface area contributed by atoms with Crippen molar-refractivity contribution >= 4 is 5.78 Å². The highest BCUT2D eigenvalue weighted by molar-refractivity contribution is 5.80. The third kappa shape index (κ3) is 5.41. The number of carbonyl (C=O) groups excluding carboxylic acids is 1. The molecule has 1 unspecified atom stereocenters. The first-order valence-corrected chi connectivity index (χ1v) is 6.75. The molecule has 2 N–H and O–H groups in total. The Kier molecular flexibility index (Phi) is 6.58. The van der Waals surface area contributed by atoms with Gasteiger partial charge in [0.15, 0.2) is 0 Å². The van der Waals surface area contributed by atoms with E-state index < -0.39 is 0 Å². The lowest BCUT2D eigenvalue weighted by molar-refractivity contribution is -0.118. The van der Waals surface area contributed by atoms with Crippen LogP contribution in [-0.2, 0) is 11.2 Å². The fourth-order valence-electron chi connectivity index (χ4n) is 2.16. The molecule has 1 heterocycles. The largest absolute Gasteiger partial charge is 0.330 e. The molecule has 0 amide bonds. The van der Waals surface area contributed by atoms with Gasteiger partial charge in [-0.15, -0.1) is 0 Å². The van der Waals surface area contributed by atoms with Crippen LogP contribution in [0.2, 0.25) is 0 Å². The van der Waals surface area contributed by atoms with Crippen molar-refractivity contribution in [3.63, 3.8) is 0 Å². The molecule has 0 saturated heterocycles. The van der Waals surface area contributed by atoms with Gasteiger partial charge in [-0.3, -0.25) is 9.78 Å². The van der Waals surface area contributed by atoms with Crippen LogP contribution >= 0.6 is 0 Å². The number of pyridine rings is 1. The minimum Gasteiger partial charge on any atom is -0.330 e. The molecule has 0 saturated carbocycles. The van der Waals surface area contributed by atoms with Gasteiger partial charge in [0.25, 0.3) is 0 Å². The molecule has 0 bridgehead atoms. The Labute approximate surface area is 110 Å². The standard InChI is InChI=1S/C15H24N2O/c1-12(2)13(8-9-16)6-7-15(18)11-14-5-3-4-10-17-14/h3-5,10,12-13H,6-9,11,16H2,1-2H3. The zero-order valence-electron chi connectivity index (χ0n) is 11.4. The normalized spacial score (nSPS) is 12.7. The maximum Gasteiger partial charge on any atom is 0.138 e. The molecule has 1 atom stereocenters. The van der Waals surface area contributed by atoms with Crippen molar-refractivity contribution < 1.29 is 4.79 Å². The van der Waals surface area contributed by atoms with E-state index in [1.54, 1.807) is 6.20 Å². The van der Waals surface area contributed by atoms with Crippen LogP contribution in [0.25, 0.3) is 0 Å². The minimum absolute atomic E-state index is 0.274. The Morgan fingerprint density at radius 2 is 2.11 bits per heavy atom. The average Bonchev–Trinajstić information content (AvgIpc) is 2.35. The number of Topliss-reactive ketones (excluding diaryl/α,β-unsaturated/α-hetero) is 1. The zero-order chi connectivity index (χ0) is 13.4. The zero-order valence-corrected chi connectivity index (χ0v) is 11.4. The van der Waals surface area contributed by atoms with E-state index in [-0.39, 0.29) is 5.78 Å². The summed E-state index contributed by atoms with van der Waals surface area (Å²) in [7, 11) is 0. The number of carbonyl (C=O) groups is 1. The van der Waals surface area contributed by atoms with E-state index in [1.807, 2.05) is 18.2 Å². The second-order valence-electron chi connectivity index (χ2n) is 5.16. The van der Waals surface area contributed by atoms with Gasteiger partial charge in [-0.25, -0.2) is 0 Å². The molecule has 0 fully saturated rings. The molecule has 0 aliphatic rings. The topological polar surface area (TPSA) is 56.0 Å². The molecule has 1 aromatic heterocycles. The highest BCUT2D eigenvalue weighted by atomic mass is 16.1. The van der Waals surface area contributed by atoms with E-state index in [0.717, 1.165) is 18.5 Å². The second kappa shape index (κ2) is 7.98. The van der Waals surface area contributed by atoms with Crippen LogP contribution in [-0.4, -0.2) is 17.3 Å². The van der Waals surface area contributed by atoms with Crippen molar-refractivity contribution in [3.8, 4) is 0 Å². The number of nitrogens with two attached hydrogens (primary N) is 1. The molecular formula is C15H24N2O. The summed E-state index contributed by atoms with van der Waals surface area (Å²) >= 11 is 0. The third-order valence-electron chi connectivity index (χ3n) is 3.38. The van der Waals surface area contributed by atoms with Crippen LogP contribution in [0.5, 0.6) is 0 Å². The van der Waals surface area contributed by atoms with Gasteiger partial charge in [0.2, 0.25) is 0 Å². The predicted octanol–water partition coefficient (Wildman–Crippen LogP) is 2.59. The predicted molar refractivity (Wildman–Crippen MR) is 74.2 cm³/mol. The Morgan fingerprint density at radius 1 is 1.33 bits per heavy atom. The summed E-state index contributed by atoms with van der Waals surface area (Å²) in [5, 5.41) is 0. The summed E-state index contributed by atoms with van der Waals surface area (Å²) in [6, 6.07) is 5.68. The molecule has 3 heteroatoms. The van der Waals surface area contributed by atoms with Crippen molar-refractivity contribution in [1.82, 2.24) is 4.98 Å². The molecule has 1 rings (SSSR count). The summed E-state index contributed by atoms with van der Waals surface area (Å²) in [6.07, 6.45) is 4.77. The quantitative estimate of drug-likeness (QED) is 0.769. The van der Waals surface area contributed by atoms with Crippen LogP contribution < -0.4 is 5.73 Å². The smallest absolute Gasteiger partial charge is 0.138 e. The Balaban J connectivity index is 2.36. The van der Waals surface area contributed by atoms with Crippen molar-refractivity contribution in [3.05, 3.63) is 30.1 Å². The van der Waals surface area contributed by atoms with Crippen molar-refractivity contribution in [2.24, 2.45) is 17.6 Å². The minimum atomic E-state index is 0.274. The highest BCUT2D eigenvalue weighted by Gasteiger charge is 2.14. The number of nitrogens with zero attached hydrogens (tertiary/aromatic N) is 1. The SMILES string of the molecule is CC(C)C(CCN)CCC(=O)Cc1ccccn1. The van der Waals surface area contributed by atoms with Crippen LogP contribution in [0.1, 0.15) is 38.8 Å². The first-order valence-electron chi connectivity index (χ1n) is 6.75. The number of ketones is 1. The summed E-state index contributed by atoms with van der Waals surface area (Å²) in [6.45, 7) is 5.10. The molecule has 100 valence electrons. The van der Waals surface area contributed by atoms with Gasteiger partial charge in [0.05, 0.1) is 0 Å². The molecule has 0 aromatic carbocycles. The molecule has 18 heavy (non-hydrogen) atoms. The summed E-state index contributed by atoms with van der Waals surface area (Å²) < 4.78 is 0. The molecule has 3 nitrogen and oxygen atoms in total.